The van der Waals surface area contributed by atoms with Gasteiger partial charge in [-0.25, -0.2) is 14.5 Å². The van der Waals surface area contributed by atoms with E-state index in [1.165, 1.54) is 6.20 Å². The minimum atomic E-state index is -0.568. The molecule has 0 spiro atoms. The van der Waals surface area contributed by atoms with Gasteiger partial charge in [0.05, 0.1) is 18.8 Å². The van der Waals surface area contributed by atoms with Crippen LogP contribution in [0.15, 0.2) is 11.0 Å². The number of nitriles is 1. The van der Waals surface area contributed by atoms with Gasteiger partial charge in [-0.05, 0) is 40.5 Å². The fourth-order valence-corrected chi connectivity index (χ4v) is 3.55. The monoisotopic (exact) mass is 425 g/mol. The van der Waals surface area contributed by atoms with Crippen molar-refractivity contribution < 1.29 is 9.53 Å². The Morgan fingerprint density at radius 2 is 2.16 bits per heavy atom. The number of rotatable bonds is 4. The molecule has 0 radical (unpaired) electrons. The van der Waals surface area contributed by atoms with Crippen molar-refractivity contribution in [1.82, 2.24) is 24.6 Å². The Hall–Kier alpha value is -3.53. The number of amides is 1. The number of aromatic nitrogens is 4. The highest BCUT2D eigenvalue weighted by Crippen LogP contribution is 2.23. The van der Waals surface area contributed by atoms with Gasteiger partial charge in [0.1, 0.15) is 23.2 Å². The average molecular weight is 425 g/mol. The highest BCUT2D eigenvalue weighted by atomic mass is 16.6. The van der Waals surface area contributed by atoms with Crippen LogP contribution in [0.25, 0.3) is 11.0 Å². The van der Waals surface area contributed by atoms with Crippen molar-refractivity contribution >= 4 is 23.1 Å². The largest absolute Gasteiger partial charge is 0.444 e. The summed E-state index contributed by atoms with van der Waals surface area (Å²) in [5, 5.41) is 15.9. The van der Waals surface area contributed by atoms with Crippen LogP contribution in [-0.4, -0.2) is 50.2 Å². The molecule has 0 aromatic carbocycles. The summed E-state index contributed by atoms with van der Waals surface area (Å²) in [7, 11) is 0. The summed E-state index contributed by atoms with van der Waals surface area (Å²) in [6.07, 6.45) is 2.71. The zero-order valence-corrected chi connectivity index (χ0v) is 18.3. The van der Waals surface area contributed by atoms with Gasteiger partial charge in [0, 0.05) is 19.1 Å². The zero-order chi connectivity index (χ0) is 22.6. The van der Waals surface area contributed by atoms with Crippen molar-refractivity contribution in [3.05, 3.63) is 16.6 Å². The highest BCUT2D eigenvalue weighted by Gasteiger charge is 2.28. The Morgan fingerprint density at radius 1 is 1.39 bits per heavy atom. The van der Waals surface area contributed by atoms with E-state index in [9.17, 15) is 9.59 Å². The third-order valence-corrected chi connectivity index (χ3v) is 4.79. The molecule has 1 amide bonds. The molecule has 3 heterocycles. The van der Waals surface area contributed by atoms with E-state index in [0.29, 0.717) is 23.5 Å². The number of hydrogen-bond donors (Lipinski definition) is 1. The summed E-state index contributed by atoms with van der Waals surface area (Å²) in [4.78, 5) is 31.8. The molecule has 0 unspecified atom stereocenters. The van der Waals surface area contributed by atoms with Gasteiger partial charge in [0.25, 0.3) is 5.56 Å². The lowest BCUT2D eigenvalue weighted by molar-refractivity contribution is 0.0500. The molecule has 2 aromatic heterocycles. The fraction of sp³-hybridized carbons (Fsp3) is 0.571. The quantitative estimate of drug-likeness (QED) is 0.740. The Bertz CT molecular complexity index is 1120. The molecule has 10 heteroatoms. The normalized spacial score (nSPS) is 16.4. The van der Waals surface area contributed by atoms with Gasteiger partial charge in [-0.3, -0.25) is 9.36 Å². The summed E-state index contributed by atoms with van der Waals surface area (Å²) in [5.41, 5.74) is -0.127. The molecule has 1 aliphatic heterocycles. The van der Waals surface area contributed by atoms with Crippen molar-refractivity contribution in [3.63, 3.8) is 0 Å². The first-order valence-corrected chi connectivity index (χ1v) is 10.2. The van der Waals surface area contributed by atoms with Crippen molar-refractivity contribution in [2.45, 2.75) is 65.3 Å². The molecule has 1 aliphatic rings. The zero-order valence-electron chi connectivity index (χ0n) is 18.3. The van der Waals surface area contributed by atoms with Gasteiger partial charge < -0.3 is 15.0 Å². The van der Waals surface area contributed by atoms with Crippen LogP contribution in [0.1, 0.15) is 40.5 Å². The van der Waals surface area contributed by atoms with Crippen LogP contribution in [0.4, 0.5) is 10.7 Å². The topological polar surface area (TPSA) is 118 Å². The van der Waals surface area contributed by atoms with Crippen LogP contribution in [0, 0.1) is 23.2 Å². The minimum Gasteiger partial charge on any atom is -0.444 e. The maximum Gasteiger partial charge on any atom is 0.407 e. The highest BCUT2D eigenvalue weighted by molar-refractivity contribution is 5.77. The molecule has 164 valence electrons. The lowest BCUT2D eigenvalue weighted by Crippen LogP contribution is -2.49. The maximum absolute atomic E-state index is 12.9. The number of carbonyl (C=O) groups excluding carboxylic acids is 1. The molecule has 0 saturated carbocycles. The predicted octanol–water partition coefficient (Wildman–Crippen LogP) is 1.63. The van der Waals surface area contributed by atoms with Crippen LogP contribution in [0.3, 0.4) is 0 Å². The van der Waals surface area contributed by atoms with Crippen LogP contribution in [0.2, 0.25) is 0 Å². The summed E-state index contributed by atoms with van der Waals surface area (Å²) in [6, 6.07) is 1.83. The molecule has 1 atom stereocenters. The van der Waals surface area contributed by atoms with E-state index in [-0.39, 0.29) is 24.7 Å². The molecule has 31 heavy (non-hydrogen) atoms. The molecular formula is C21H27N7O3. The molecule has 1 N–H and O–H groups in total. The molecule has 1 saturated heterocycles. The second-order valence-corrected chi connectivity index (χ2v) is 8.36. The smallest absolute Gasteiger partial charge is 0.407 e. The third kappa shape index (κ3) is 5.15. The van der Waals surface area contributed by atoms with E-state index < -0.39 is 11.7 Å². The number of nitrogens with one attached hydrogen (secondary N) is 1. The van der Waals surface area contributed by atoms with E-state index in [1.54, 1.807) is 11.5 Å². The number of ether oxygens (including phenoxy) is 1. The Morgan fingerprint density at radius 3 is 2.84 bits per heavy atom. The van der Waals surface area contributed by atoms with Crippen LogP contribution < -0.4 is 15.8 Å². The first kappa shape index (κ1) is 22.2. The molecule has 10 nitrogen and oxygen atoms in total. The molecule has 2 aromatic rings. The van der Waals surface area contributed by atoms with Crippen LogP contribution >= 0.6 is 0 Å². The summed E-state index contributed by atoms with van der Waals surface area (Å²) < 4.78 is 8.25. The van der Waals surface area contributed by atoms with Crippen LogP contribution in [-0.2, 0) is 17.8 Å². The van der Waals surface area contributed by atoms with Crippen molar-refractivity contribution in [1.29, 1.82) is 5.26 Å². The molecule has 0 aliphatic carbocycles. The third-order valence-electron chi connectivity index (χ3n) is 4.79. The summed E-state index contributed by atoms with van der Waals surface area (Å²) in [5.74, 6) is 6.44. The predicted molar refractivity (Wildman–Crippen MR) is 115 cm³/mol. The van der Waals surface area contributed by atoms with E-state index in [1.807, 2.05) is 31.7 Å². The van der Waals surface area contributed by atoms with E-state index in [4.69, 9.17) is 10.00 Å². The first-order chi connectivity index (χ1) is 14.7. The van der Waals surface area contributed by atoms with E-state index in [0.717, 1.165) is 24.1 Å². The second kappa shape index (κ2) is 9.09. The summed E-state index contributed by atoms with van der Waals surface area (Å²) in [6.45, 7) is 8.61. The van der Waals surface area contributed by atoms with Gasteiger partial charge in [-0.2, -0.15) is 10.4 Å². The van der Waals surface area contributed by atoms with Gasteiger partial charge in [-0.1, -0.05) is 5.92 Å². The lowest BCUT2D eigenvalue weighted by Gasteiger charge is -2.34. The number of piperidine rings is 1. The molecular weight excluding hydrogens is 398 g/mol. The number of imidazole rings is 1. The van der Waals surface area contributed by atoms with Gasteiger partial charge >= 0.3 is 6.09 Å². The van der Waals surface area contributed by atoms with Crippen molar-refractivity contribution in [2.24, 2.45) is 0 Å². The van der Waals surface area contributed by atoms with Crippen molar-refractivity contribution in [2.75, 3.05) is 18.0 Å². The van der Waals surface area contributed by atoms with Crippen LogP contribution in [0.5, 0.6) is 0 Å². The second-order valence-electron chi connectivity index (χ2n) is 8.36. The minimum absolute atomic E-state index is 0.109. The van der Waals surface area contributed by atoms with Gasteiger partial charge in [0.15, 0.2) is 0 Å². The number of anilines is 1. The number of fused-ring (bicyclic) bond motifs is 1. The number of nitrogens with zero attached hydrogens (tertiary/aromatic N) is 6. The standard InChI is InChI=1S/C21H27N7O3/c1-5-6-11-27-17-16(13-23-28(12-9-22)18(17)29)25-19(27)26-10-7-8-15(14-26)24-20(30)31-21(2,3)4/h13,15H,7-8,10-12,14H2,1-4H3,(H,24,30)/t15-/m1/s1. The maximum atomic E-state index is 12.9. The SMILES string of the molecule is CC#CCn1c(N2CCC[C@@H](NC(=O)OC(C)(C)C)C2)nc2cnn(CC#N)c(=O)c21. The first-order valence-electron chi connectivity index (χ1n) is 10.2. The van der Waals surface area contributed by atoms with E-state index in [2.05, 4.69) is 27.2 Å². The fourth-order valence-electron chi connectivity index (χ4n) is 3.55. The average Bonchev–Trinajstić information content (AvgIpc) is 3.06. The Labute approximate surface area is 180 Å². The number of carbonyl (C=O) groups is 1. The summed E-state index contributed by atoms with van der Waals surface area (Å²) >= 11 is 0. The number of alkyl carbamates (subject to hydrolysis) is 1. The Kier molecular flexibility index (Phi) is 6.50. The molecule has 0 bridgehead atoms. The number of hydrogen-bond acceptors (Lipinski definition) is 7. The lowest BCUT2D eigenvalue weighted by atomic mass is 10.1. The Balaban J connectivity index is 1.92. The van der Waals surface area contributed by atoms with Gasteiger partial charge in [-0.15, -0.1) is 5.92 Å². The van der Waals surface area contributed by atoms with Crippen molar-refractivity contribution in [3.8, 4) is 17.9 Å². The van der Waals surface area contributed by atoms with Gasteiger partial charge in [0.2, 0.25) is 5.95 Å². The van der Waals surface area contributed by atoms with E-state index >= 15 is 0 Å². The molecule has 3 rings (SSSR count). The molecule has 1 fully saturated rings.